The van der Waals surface area contributed by atoms with Crippen molar-refractivity contribution in [2.24, 2.45) is 5.11 Å². The lowest BCUT2D eigenvalue weighted by molar-refractivity contribution is -0.139. The zero-order valence-corrected chi connectivity index (χ0v) is 22.0. The second-order valence-electron chi connectivity index (χ2n) is 9.34. The normalized spacial score (nSPS) is 12.4. The molecular weight excluding hydrogens is 514 g/mol. The van der Waals surface area contributed by atoms with E-state index in [1.54, 1.807) is 45.0 Å². The lowest BCUT2D eigenvalue weighted by atomic mass is 10.1. The molecule has 2 N–H and O–H groups in total. The van der Waals surface area contributed by atoms with Crippen LogP contribution in [0.5, 0.6) is 5.75 Å². The zero-order valence-electron chi connectivity index (χ0n) is 21.2. The molecule has 202 valence electrons. The first kappa shape index (κ1) is 28.4. The van der Waals surface area contributed by atoms with Gasteiger partial charge in [-0.15, -0.1) is 0 Å². The van der Waals surface area contributed by atoms with Gasteiger partial charge in [-0.1, -0.05) is 23.3 Å². The third-order valence-electron chi connectivity index (χ3n) is 5.29. The average molecular weight is 544 g/mol. The molecule has 12 nitrogen and oxygen atoms in total. The van der Waals surface area contributed by atoms with Crippen molar-refractivity contribution in [3.63, 3.8) is 0 Å². The van der Waals surface area contributed by atoms with Crippen LogP contribution in [-0.4, -0.2) is 54.4 Å². The van der Waals surface area contributed by atoms with Crippen LogP contribution in [0.3, 0.4) is 0 Å². The fraction of sp³-hybridized carbons (Fsp3) is 0.360. The molecular formula is C25H29N5O7S. The number of hydrogen-bond acceptors (Lipinski definition) is 7. The van der Waals surface area contributed by atoms with Gasteiger partial charge in [0.25, 0.3) is 10.0 Å². The monoisotopic (exact) mass is 543 g/mol. The highest BCUT2D eigenvalue weighted by Gasteiger charge is 2.27. The molecule has 0 saturated heterocycles. The number of carboxylic acids is 1. The van der Waals surface area contributed by atoms with Crippen LogP contribution in [0.25, 0.3) is 21.3 Å². The minimum Gasteiger partial charge on any atom is -0.494 e. The maximum atomic E-state index is 13.5. The third-order valence-corrected chi connectivity index (χ3v) is 6.98. The first-order chi connectivity index (χ1) is 17.9. The van der Waals surface area contributed by atoms with Gasteiger partial charge >= 0.3 is 12.1 Å². The number of aliphatic carboxylic acids is 1. The first-order valence-electron chi connectivity index (χ1n) is 11.7. The molecule has 38 heavy (non-hydrogen) atoms. The fourth-order valence-corrected chi connectivity index (χ4v) is 5.03. The molecule has 0 aliphatic heterocycles. The Bertz CT molecular complexity index is 1450. The minimum atomic E-state index is -4.05. The molecule has 0 radical (unpaired) electrons. The number of carboxylic acid groups (broad SMARTS) is 1. The number of carbonyl (C=O) groups is 2. The van der Waals surface area contributed by atoms with E-state index in [0.29, 0.717) is 41.8 Å². The second-order valence-corrected chi connectivity index (χ2v) is 11.2. The van der Waals surface area contributed by atoms with Gasteiger partial charge in [0, 0.05) is 29.5 Å². The van der Waals surface area contributed by atoms with Crippen molar-refractivity contribution in [1.82, 2.24) is 9.29 Å². The van der Waals surface area contributed by atoms with Gasteiger partial charge in [-0.25, -0.2) is 22.0 Å². The maximum Gasteiger partial charge on any atom is 0.408 e. The Morgan fingerprint density at radius 1 is 1.16 bits per heavy atom. The molecule has 0 fully saturated rings. The van der Waals surface area contributed by atoms with E-state index in [4.69, 9.17) is 15.0 Å². The number of ether oxygens (including phenoxy) is 2. The molecule has 1 atom stereocenters. The number of fused-ring (bicyclic) bond motifs is 1. The van der Waals surface area contributed by atoms with E-state index in [-0.39, 0.29) is 11.3 Å². The molecule has 3 rings (SSSR count). The van der Waals surface area contributed by atoms with Gasteiger partial charge in [0.05, 0.1) is 17.0 Å². The summed E-state index contributed by atoms with van der Waals surface area (Å²) in [7, 11) is -4.05. The van der Waals surface area contributed by atoms with E-state index < -0.39 is 33.7 Å². The van der Waals surface area contributed by atoms with Crippen LogP contribution in [0.4, 0.5) is 4.79 Å². The number of nitrogens with one attached hydrogen (secondary N) is 1. The molecule has 0 unspecified atom stereocenters. The van der Waals surface area contributed by atoms with Crippen molar-refractivity contribution >= 4 is 33.0 Å². The summed E-state index contributed by atoms with van der Waals surface area (Å²) in [6, 6.07) is 11.2. The van der Waals surface area contributed by atoms with E-state index >= 15 is 0 Å². The lowest BCUT2D eigenvalue weighted by Crippen LogP contribution is -2.44. The number of aromatic nitrogens is 1. The molecule has 0 aliphatic rings. The highest BCUT2D eigenvalue weighted by Crippen LogP contribution is 2.28. The van der Waals surface area contributed by atoms with E-state index in [9.17, 15) is 23.1 Å². The molecule has 3 aromatic rings. The van der Waals surface area contributed by atoms with Crippen LogP contribution in [0.1, 0.15) is 32.8 Å². The van der Waals surface area contributed by atoms with Crippen molar-refractivity contribution in [3.8, 4) is 5.75 Å². The molecule has 0 spiro atoms. The van der Waals surface area contributed by atoms with E-state index in [0.717, 1.165) is 3.97 Å². The van der Waals surface area contributed by atoms with Crippen LogP contribution in [-0.2, 0) is 26.0 Å². The number of hydrogen-bond donors (Lipinski definition) is 2. The molecule has 0 aliphatic carbocycles. The average Bonchev–Trinajstić information content (AvgIpc) is 3.22. The molecule has 1 heterocycles. The SMILES string of the molecule is CC(C)(C)OC(=O)N[C@H](Cc1cn(S(=O)(=O)c2ccc(OCCCN=[N+]=[N-])cc2)c2ccccc12)C(=O)O. The smallest absolute Gasteiger partial charge is 0.408 e. The predicted octanol–water partition coefficient (Wildman–Crippen LogP) is 4.48. The summed E-state index contributed by atoms with van der Waals surface area (Å²) >= 11 is 0. The summed E-state index contributed by atoms with van der Waals surface area (Å²) in [6.07, 6.45) is 0.830. The van der Waals surface area contributed by atoms with Crippen LogP contribution in [0.2, 0.25) is 0 Å². The summed E-state index contributed by atoms with van der Waals surface area (Å²) in [4.78, 5) is 26.8. The highest BCUT2D eigenvalue weighted by atomic mass is 32.2. The van der Waals surface area contributed by atoms with Crippen LogP contribution < -0.4 is 10.1 Å². The van der Waals surface area contributed by atoms with Crippen molar-refractivity contribution < 1.29 is 32.6 Å². The molecule has 1 aromatic heterocycles. The number of azide groups is 1. The van der Waals surface area contributed by atoms with Crippen molar-refractivity contribution in [2.45, 2.75) is 50.2 Å². The van der Waals surface area contributed by atoms with Crippen LogP contribution in [0, 0.1) is 0 Å². The standard InChI is InChI=1S/C25H29N5O7S/c1-25(2,3)37-24(33)28-21(23(31)32)15-17-16-30(22-8-5-4-7-20(17)22)38(34,35)19-11-9-18(10-12-19)36-14-6-13-27-29-26/h4-5,7-12,16,21H,6,13-15H2,1-3H3,(H,28,33)(H,31,32)/t21-/m1/s1. The van der Waals surface area contributed by atoms with Gasteiger partial charge < -0.3 is 19.9 Å². The Morgan fingerprint density at radius 3 is 2.47 bits per heavy atom. The van der Waals surface area contributed by atoms with Gasteiger partial charge in [0.2, 0.25) is 0 Å². The fourth-order valence-electron chi connectivity index (χ4n) is 3.64. The number of rotatable bonds is 11. The minimum absolute atomic E-state index is 0.00731. The molecule has 13 heteroatoms. The van der Waals surface area contributed by atoms with Gasteiger partial charge in [-0.2, -0.15) is 0 Å². The van der Waals surface area contributed by atoms with Crippen molar-refractivity contribution in [1.29, 1.82) is 0 Å². The largest absolute Gasteiger partial charge is 0.494 e. The van der Waals surface area contributed by atoms with Gasteiger partial charge in [0.1, 0.15) is 17.4 Å². The number of benzene rings is 2. The van der Waals surface area contributed by atoms with Gasteiger partial charge in [-0.3, -0.25) is 0 Å². The molecule has 0 bridgehead atoms. The summed E-state index contributed by atoms with van der Waals surface area (Å²) < 4.78 is 38.9. The number of alkyl carbamates (subject to hydrolysis) is 1. The molecule has 1 amide bonds. The molecule has 0 saturated carbocycles. The summed E-state index contributed by atoms with van der Waals surface area (Å²) in [5.74, 6) is -0.828. The zero-order chi connectivity index (χ0) is 27.9. The third kappa shape index (κ3) is 7.17. The Labute approximate surface area is 219 Å². The van der Waals surface area contributed by atoms with Crippen LogP contribution in [0.15, 0.2) is 64.7 Å². The van der Waals surface area contributed by atoms with E-state index in [2.05, 4.69) is 15.3 Å². The number of para-hydroxylation sites is 1. The number of nitrogens with zero attached hydrogens (tertiary/aromatic N) is 4. The van der Waals surface area contributed by atoms with Crippen molar-refractivity contribution in [2.75, 3.05) is 13.2 Å². The number of carbonyl (C=O) groups excluding carboxylic acids is 1. The number of amides is 1. The lowest BCUT2D eigenvalue weighted by Gasteiger charge is -2.22. The summed E-state index contributed by atoms with van der Waals surface area (Å²) in [5, 5.41) is 16.0. The second kappa shape index (κ2) is 11.9. The first-order valence-corrected chi connectivity index (χ1v) is 13.2. The Morgan fingerprint density at radius 2 is 1.84 bits per heavy atom. The Hall–Kier alpha value is -4.22. The topological polar surface area (TPSA) is 173 Å². The van der Waals surface area contributed by atoms with E-state index in [1.807, 2.05) is 0 Å². The summed E-state index contributed by atoms with van der Waals surface area (Å²) in [6.45, 7) is 5.57. The quantitative estimate of drug-likeness (QED) is 0.155. The van der Waals surface area contributed by atoms with Gasteiger partial charge in [0.15, 0.2) is 0 Å². The predicted molar refractivity (Wildman–Crippen MR) is 140 cm³/mol. The Balaban J connectivity index is 1.87. The van der Waals surface area contributed by atoms with Crippen LogP contribution >= 0.6 is 0 Å². The molecule has 2 aromatic carbocycles. The summed E-state index contributed by atoms with van der Waals surface area (Å²) in [5.41, 5.74) is 8.27. The van der Waals surface area contributed by atoms with Crippen molar-refractivity contribution in [3.05, 3.63) is 70.7 Å². The Kier molecular flexibility index (Phi) is 8.87. The maximum absolute atomic E-state index is 13.5. The highest BCUT2D eigenvalue weighted by molar-refractivity contribution is 7.90. The van der Waals surface area contributed by atoms with E-state index in [1.165, 1.54) is 30.5 Å². The van der Waals surface area contributed by atoms with Gasteiger partial charge in [-0.05, 0) is 68.6 Å².